The molecule has 2 aliphatic heterocycles. The van der Waals surface area contributed by atoms with E-state index in [-0.39, 0.29) is 39.4 Å². The maximum absolute atomic E-state index is 15.0. The first kappa shape index (κ1) is 27.6. The third-order valence-corrected chi connectivity index (χ3v) is 10.3. The van der Waals surface area contributed by atoms with E-state index < -0.39 is 21.8 Å². The maximum atomic E-state index is 15.0. The lowest BCUT2D eigenvalue weighted by Crippen LogP contribution is -2.47. The summed E-state index contributed by atoms with van der Waals surface area (Å²) in [4.78, 5) is 17.9. The van der Waals surface area contributed by atoms with Crippen molar-refractivity contribution in [2.45, 2.75) is 52.0 Å². The highest BCUT2D eigenvalue weighted by Crippen LogP contribution is 2.53. The molecule has 2 aromatic carbocycles. The minimum atomic E-state index is -3.98. The first-order valence-corrected chi connectivity index (χ1v) is 15.3. The fraction of sp³-hybridized carbons (Fsp3) is 0.483. The Morgan fingerprint density at radius 3 is 2.61 bits per heavy atom. The second kappa shape index (κ2) is 10.1. The van der Waals surface area contributed by atoms with Crippen molar-refractivity contribution in [3.8, 4) is 17.6 Å². The van der Waals surface area contributed by atoms with Crippen LogP contribution in [-0.2, 0) is 10.2 Å². The standard InChI is InChI=1S/C29H33FN6O4S/c1-28(2)9-12-35(17-28)41(38,39)34-25-6-4-23(30)26(22(25)16-31)40-20-3-5-24-21(13-20)27(37)36(18-33-24)19-14-29(15-19)7-10-32-11-8-29/h3-6,13,18-19,32,34H,7-12,14-15,17H2,1-2H3. The number of benzene rings is 2. The van der Waals surface area contributed by atoms with Crippen molar-refractivity contribution in [3.05, 3.63) is 58.4 Å². The van der Waals surface area contributed by atoms with Gasteiger partial charge in [-0.05, 0) is 86.4 Å². The van der Waals surface area contributed by atoms with Crippen LogP contribution in [0.1, 0.15) is 57.6 Å². The highest BCUT2D eigenvalue weighted by Gasteiger charge is 2.45. The summed E-state index contributed by atoms with van der Waals surface area (Å²) in [7, 11) is -3.98. The molecular weight excluding hydrogens is 547 g/mol. The second-order valence-electron chi connectivity index (χ2n) is 12.3. The molecule has 3 aliphatic rings. The minimum Gasteiger partial charge on any atom is -0.453 e. The van der Waals surface area contributed by atoms with Gasteiger partial charge in [-0.2, -0.15) is 18.0 Å². The van der Waals surface area contributed by atoms with Gasteiger partial charge in [0.05, 0.1) is 22.9 Å². The van der Waals surface area contributed by atoms with Crippen LogP contribution >= 0.6 is 0 Å². The van der Waals surface area contributed by atoms with Crippen LogP contribution in [-0.4, -0.2) is 48.5 Å². The van der Waals surface area contributed by atoms with Crippen LogP contribution in [0.4, 0.5) is 10.1 Å². The van der Waals surface area contributed by atoms with E-state index in [1.807, 2.05) is 19.9 Å². The lowest BCUT2D eigenvalue weighted by molar-refractivity contribution is 0.0270. The first-order chi connectivity index (χ1) is 19.5. The van der Waals surface area contributed by atoms with Crippen molar-refractivity contribution in [1.82, 2.24) is 19.2 Å². The number of nitrogens with one attached hydrogen (secondary N) is 2. The Bertz CT molecular complexity index is 1720. The molecule has 3 heterocycles. The molecule has 0 radical (unpaired) electrons. The van der Waals surface area contributed by atoms with E-state index in [0.29, 0.717) is 30.4 Å². The van der Waals surface area contributed by atoms with Gasteiger partial charge in [-0.25, -0.2) is 9.37 Å². The largest absolute Gasteiger partial charge is 0.453 e. The van der Waals surface area contributed by atoms with Gasteiger partial charge in [0.1, 0.15) is 17.4 Å². The van der Waals surface area contributed by atoms with Crippen LogP contribution in [0.15, 0.2) is 41.5 Å². The average Bonchev–Trinajstić information content (AvgIpc) is 3.31. The fourth-order valence-corrected chi connectivity index (χ4v) is 7.81. The summed E-state index contributed by atoms with van der Waals surface area (Å²) in [5.41, 5.74) is 0.0159. The summed E-state index contributed by atoms with van der Waals surface area (Å²) in [6.07, 6.45) is 6.38. The maximum Gasteiger partial charge on any atom is 0.301 e. The van der Waals surface area contributed by atoms with Gasteiger partial charge in [-0.1, -0.05) is 13.8 Å². The molecule has 1 aliphatic carbocycles. The van der Waals surface area contributed by atoms with E-state index >= 15 is 0 Å². The predicted octanol–water partition coefficient (Wildman–Crippen LogP) is 4.29. The van der Waals surface area contributed by atoms with Crippen molar-refractivity contribution in [1.29, 1.82) is 5.26 Å². The van der Waals surface area contributed by atoms with Gasteiger partial charge >= 0.3 is 10.2 Å². The van der Waals surface area contributed by atoms with Crippen molar-refractivity contribution >= 4 is 26.8 Å². The Hall–Kier alpha value is -3.53. The van der Waals surface area contributed by atoms with Crippen LogP contribution in [0.5, 0.6) is 11.5 Å². The van der Waals surface area contributed by atoms with Gasteiger partial charge in [-0.15, -0.1) is 0 Å². The Labute approximate surface area is 238 Å². The third-order valence-electron chi connectivity index (χ3n) is 8.81. The molecule has 10 nitrogen and oxygen atoms in total. The van der Waals surface area contributed by atoms with E-state index in [9.17, 15) is 22.9 Å². The lowest BCUT2D eigenvalue weighted by atomic mass is 9.60. The summed E-state index contributed by atoms with van der Waals surface area (Å²) >= 11 is 0. The molecule has 0 amide bonds. The number of anilines is 1. The molecular formula is C29H33FN6O4S. The number of nitriles is 1. The van der Waals surface area contributed by atoms with Gasteiger partial charge in [0.15, 0.2) is 11.6 Å². The van der Waals surface area contributed by atoms with E-state index in [0.717, 1.165) is 44.8 Å². The van der Waals surface area contributed by atoms with Gasteiger partial charge < -0.3 is 10.1 Å². The molecule has 2 saturated heterocycles. The van der Waals surface area contributed by atoms with Crippen molar-refractivity contribution < 1.29 is 17.5 Å². The van der Waals surface area contributed by atoms with E-state index in [1.54, 1.807) is 17.0 Å². The number of nitrogens with zero attached hydrogens (tertiary/aromatic N) is 4. The zero-order chi connectivity index (χ0) is 29.0. The quantitative estimate of drug-likeness (QED) is 0.445. The molecule has 12 heteroatoms. The number of rotatable bonds is 6. The van der Waals surface area contributed by atoms with Gasteiger partial charge in [0.2, 0.25) is 0 Å². The molecule has 41 heavy (non-hydrogen) atoms. The Morgan fingerprint density at radius 2 is 1.93 bits per heavy atom. The first-order valence-electron chi connectivity index (χ1n) is 13.9. The monoisotopic (exact) mass is 580 g/mol. The number of halogens is 1. The topological polar surface area (TPSA) is 129 Å². The Kier molecular flexibility index (Phi) is 6.79. The molecule has 1 aromatic heterocycles. The highest BCUT2D eigenvalue weighted by molar-refractivity contribution is 7.90. The molecule has 2 N–H and O–H groups in total. The number of fused-ring (bicyclic) bond motifs is 1. The smallest absolute Gasteiger partial charge is 0.301 e. The van der Waals surface area contributed by atoms with Crippen LogP contribution < -0.4 is 20.3 Å². The summed E-state index contributed by atoms with van der Waals surface area (Å²) in [5, 5.41) is 13.6. The van der Waals surface area contributed by atoms with E-state index in [2.05, 4.69) is 15.0 Å². The number of hydrogen-bond donors (Lipinski definition) is 2. The molecule has 0 unspecified atom stereocenters. The Balaban J connectivity index is 1.27. The summed E-state index contributed by atoms with van der Waals surface area (Å²) in [5.74, 6) is -1.13. The minimum absolute atomic E-state index is 0.0793. The number of ether oxygens (including phenoxy) is 1. The fourth-order valence-electron chi connectivity index (χ4n) is 6.38. The van der Waals surface area contributed by atoms with Crippen molar-refractivity contribution in [2.24, 2.45) is 10.8 Å². The van der Waals surface area contributed by atoms with E-state index in [4.69, 9.17) is 4.74 Å². The van der Waals surface area contributed by atoms with Gasteiger partial charge in [-0.3, -0.25) is 14.1 Å². The predicted molar refractivity (Wildman–Crippen MR) is 153 cm³/mol. The van der Waals surface area contributed by atoms with Crippen molar-refractivity contribution in [3.63, 3.8) is 0 Å². The SMILES string of the molecule is CC1(C)CCN(S(=O)(=O)Nc2ccc(F)c(Oc3ccc4ncn(C5CC6(CCNCC6)C5)c(=O)c4c3)c2C#N)C1. The molecule has 1 spiro atoms. The van der Waals surface area contributed by atoms with Crippen LogP contribution in [0.25, 0.3) is 10.9 Å². The number of aromatic nitrogens is 2. The summed E-state index contributed by atoms with van der Waals surface area (Å²) < 4.78 is 52.3. The number of piperidine rings is 1. The number of hydrogen-bond acceptors (Lipinski definition) is 7. The molecule has 3 aromatic rings. The second-order valence-corrected chi connectivity index (χ2v) is 14.0. The highest BCUT2D eigenvalue weighted by atomic mass is 32.2. The zero-order valence-electron chi connectivity index (χ0n) is 23.1. The normalized spacial score (nSPS) is 20.5. The molecule has 6 rings (SSSR count). The van der Waals surface area contributed by atoms with Crippen LogP contribution in [0.2, 0.25) is 0 Å². The van der Waals surface area contributed by atoms with E-state index in [1.165, 1.54) is 22.5 Å². The Morgan fingerprint density at radius 1 is 1.17 bits per heavy atom. The molecule has 0 bridgehead atoms. The zero-order valence-corrected chi connectivity index (χ0v) is 23.9. The third kappa shape index (κ3) is 5.18. The van der Waals surface area contributed by atoms with Gasteiger partial charge in [0, 0.05) is 19.1 Å². The molecule has 3 fully saturated rings. The lowest BCUT2D eigenvalue weighted by Gasteiger charge is -2.50. The molecule has 216 valence electrons. The molecule has 0 atom stereocenters. The van der Waals surface area contributed by atoms with Crippen LogP contribution in [0.3, 0.4) is 0 Å². The average molecular weight is 581 g/mol. The molecule has 1 saturated carbocycles. The summed E-state index contributed by atoms with van der Waals surface area (Å²) in [6.45, 7) is 6.64. The van der Waals surface area contributed by atoms with Gasteiger partial charge in [0.25, 0.3) is 5.56 Å². The summed E-state index contributed by atoms with van der Waals surface area (Å²) in [6, 6.07) is 8.84. The van der Waals surface area contributed by atoms with Crippen molar-refractivity contribution in [2.75, 3.05) is 30.9 Å². The van der Waals surface area contributed by atoms with Crippen LogP contribution in [0, 0.1) is 28.0 Å².